The summed E-state index contributed by atoms with van der Waals surface area (Å²) in [4.78, 5) is 2.75. The molecule has 2 nitrogen and oxygen atoms in total. The second-order valence-corrected chi connectivity index (χ2v) is 9.80. The number of hydrogen-bond acceptors (Lipinski definition) is 2. The summed E-state index contributed by atoms with van der Waals surface area (Å²) in [6.07, 6.45) is 5.12. The molecule has 3 aromatic carbocycles. The highest BCUT2D eigenvalue weighted by Gasteiger charge is 2.36. The number of benzene rings is 3. The van der Waals surface area contributed by atoms with Crippen molar-refractivity contribution in [2.24, 2.45) is 5.92 Å². The van der Waals surface area contributed by atoms with E-state index in [0.717, 1.165) is 18.4 Å². The van der Waals surface area contributed by atoms with Gasteiger partial charge >= 0.3 is 0 Å². The number of nitrogens with zero attached hydrogens (tertiary/aromatic N) is 1. The van der Waals surface area contributed by atoms with Crippen LogP contribution >= 0.6 is 0 Å². The second-order valence-electron chi connectivity index (χ2n) is 9.80. The predicted octanol–water partition coefficient (Wildman–Crippen LogP) is 6.22. The van der Waals surface area contributed by atoms with Gasteiger partial charge in [0.25, 0.3) is 0 Å². The third-order valence-electron chi connectivity index (χ3n) is 7.71. The van der Waals surface area contributed by atoms with Gasteiger partial charge in [0.05, 0.1) is 0 Å². The van der Waals surface area contributed by atoms with Crippen LogP contribution in [0.4, 0.5) is 0 Å². The molecule has 3 unspecified atom stereocenters. The Morgan fingerprint density at radius 1 is 0.688 bits per heavy atom. The van der Waals surface area contributed by atoms with Gasteiger partial charge in [-0.15, -0.1) is 0 Å². The van der Waals surface area contributed by atoms with E-state index in [1.165, 1.54) is 62.0 Å². The first kappa shape index (κ1) is 21.4. The van der Waals surface area contributed by atoms with Gasteiger partial charge in [-0.25, -0.2) is 0 Å². The average molecular weight is 425 g/mol. The minimum Gasteiger partial charge on any atom is -0.310 e. The topological polar surface area (TPSA) is 15.3 Å². The van der Waals surface area contributed by atoms with Gasteiger partial charge in [-0.3, -0.25) is 0 Å². The van der Waals surface area contributed by atoms with Gasteiger partial charge in [0.2, 0.25) is 0 Å². The maximum absolute atomic E-state index is 3.87. The number of piperidine rings is 1. The summed E-state index contributed by atoms with van der Waals surface area (Å²) in [5.41, 5.74) is 4.44. The quantitative estimate of drug-likeness (QED) is 0.484. The van der Waals surface area contributed by atoms with Crippen molar-refractivity contribution in [3.05, 3.63) is 108 Å². The molecule has 0 amide bonds. The fourth-order valence-corrected chi connectivity index (χ4v) is 5.97. The van der Waals surface area contributed by atoms with Gasteiger partial charge in [0, 0.05) is 19.1 Å². The van der Waals surface area contributed by atoms with Crippen LogP contribution in [0, 0.1) is 5.92 Å². The summed E-state index contributed by atoms with van der Waals surface area (Å²) in [6.45, 7) is 4.69. The van der Waals surface area contributed by atoms with E-state index < -0.39 is 0 Å². The Morgan fingerprint density at radius 2 is 1.28 bits per heavy atom. The largest absolute Gasteiger partial charge is 0.310 e. The first-order valence-corrected chi connectivity index (χ1v) is 12.4. The lowest BCUT2D eigenvalue weighted by atomic mass is 9.86. The van der Waals surface area contributed by atoms with Crippen molar-refractivity contribution in [3.8, 4) is 0 Å². The third-order valence-corrected chi connectivity index (χ3v) is 7.71. The lowest BCUT2D eigenvalue weighted by Crippen LogP contribution is -2.37. The fourth-order valence-electron chi connectivity index (χ4n) is 5.97. The van der Waals surface area contributed by atoms with Gasteiger partial charge in [-0.05, 0) is 73.2 Å². The third kappa shape index (κ3) is 5.31. The first-order valence-electron chi connectivity index (χ1n) is 12.4. The molecule has 1 saturated heterocycles. The van der Waals surface area contributed by atoms with E-state index in [4.69, 9.17) is 0 Å². The maximum Gasteiger partial charge on any atom is 0.0208 e. The van der Waals surface area contributed by atoms with E-state index in [0.29, 0.717) is 12.0 Å². The van der Waals surface area contributed by atoms with E-state index in [1.54, 1.807) is 0 Å². The molecule has 5 rings (SSSR count). The zero-order valence-corrected chi connectivity index (χ0v) is 19.1. The molecule has 32 heavy (non-hydrogen) atoms. The van der Waals surface area contributed by atoms with Gasteiger partial charge in [0.1, 0.15) is 0 Å². The molecule has 0 bridgehead atoms. The van der Waals surface area contributed by atoms with Crippen LogP contribution < -0.4 is 5.32 Å². The molecule has 0 aromatic heterocycles. The Bertz CT molecular complexity index is 932. The fraction of sp³-hybridized carbons (Fsp3) is 0.400. The molecule has 1 aliphatic heterocycles. The van der Waals surface area contributed by atoms with Crippen LogP contribution in [0.1, 0.15) is 54.2 Å². The highest BCUT2D eigenvalue weighted by atomic mass is 15.1. The zero-order valence-electron chi connectivity index (χ0n) is 19.1. The summed E-state index contributed by atoms with van der Waals surface area (Å²) >= 11 is 0. The van der Waals surface area contributed by atoms with Crippen molar-refractivity contribution >= 4 is 0 Å². The Morgan fingerprint density at radius 3 is 1.94 bits per heavy atom. The smallest absolute Gasteiger partial charge is 0.0208 e. The molecule has 3 atom stereocenters. The molecule has 1 aliphatic carbocycles. The number of nitrogens with one attached hydrogen (secondary N) is 1. The van der Waals surface area contributed by atoms with Gasteiger partial charge < -0.3 is 10.2 Å². The van der Waals surface area contributed by atoms with Crippen LogP contribution in [0.2, 0.25) is 0 Å². The number of hydrogen-bond donors (Lipinski definition) is 1. The maximum atomic E-state index is 3.87. The summed E-state index contributed by atoms with van der Waals surface area (Å²) in [5.74, 6) is 2.14. The monoisotopic (exact) mass is 424 g/mol. The van der Waals surface area contributed by atoms with Crippen molar-refractivity contribution < 1.29 is 0 Å². The summed E-state index contributed by atoms with van der Waals surface area (Å²) < 4.78 is 0. The van der Waals surface area contributed by atoms with Crippen molar-refractivity contribution in [1.82, 2.24) is 10.2 Å². The minimum atomic E-state index is 0.604. The van der Waals surface area contributed by atoms with E-state index in [-0.39, 0.29) is 0 Å². The molecule has 1 N–H and O–H groups in total. The molecule has 2 aliphatic rings. The molecule has 1 saturated carbocycles. The highest BCUT2D eigenvalue weighted by molar-refractivity contribution is 5.23. The van der Waals surface area contributed by atoms with Gasteiger partial charge in [-0.2, -0.15) is 0 Å². The van der Waals surface area contributed by atoms with Crippen molar-refractivity contribution in [3.63, 3.8) is 0 Å². The SMILES string of the molecule is c1ccc(CNC2CC(CN3CCC(c4ccccc4)CC3)C(c3ccccc3)C2)cc1. The molecule has 0 spiro atoms. The van der Waals surface area contributed by atoms with Crippen LogP contribution in [0.25, 0.3) is 0 Å². The molecular weight excluding hydrogens is 388 g/mol. The predicted molar refractivity (Wildman–Crippen MR) is 134 cm³/mol. The van der Waals surface area contributed by atoms with E-state index in [9.17, 15) is 0 Å². The normalized spacial score (nSPS) is 24.6. The van der Waals surface area contributed by atoms with Crippen LogP contribution in [0.3, 0.4) is 0 Å². The molecule has 166 valence electrons. The Hall–Kier alpha value is -2.42. The highest BCUT2D eigenvalue weighted by Crippen LogP contribution is 2.41. The molecule has 2 heteroatoms. The second kappa shape index (κ2) is 10.5. The Kier molecular flexibility index (Phi) is 7.01. The molecule has 1 heterocycles. The summed E-state index contributed by atoms with van der Waals surface area (Å²) in [6, 6.07) is 33.8. The molecular formula is C30H36N2. The summed E-state index contributed by atoms with van der Waals surface area (Å²) in [5, 5.41) is 3.87. The van der Waals surface area contributed by atoms with Crippen LogP contribution in [-0.2, 0) is 6.54 Å². The minimum absolute atomic E-state index is 0.604. The molecule has 0 radical (unpaired) electrons. The van der Waals surface area contributed by atoms with Crippen LogP contribution in [-0.4, -0.2) is 30.6 Å². The standard InChI is InChI=1S/C30H36N2/c1-4-10-24(11-5-1)22-31-29-20-28(30(21-29)27-14-8-3-9-15-27)23-32-18-16-26(17-19-32)25-12-6-2-7-13-25/h1-15,26,28-31H,16-23H2. The van der Waals surface area contributed by atoms with Crippen LogP contribution in [0.5, 0.6) is 0 Å². The van der Waals surface area contributed by atoms with Crippen molar-refractivity contribution in [1.29, 1.82) is 0 Å². The zero-order chi connectivity index (χ0) is 21.6. The van der Waals surface area contributed by atoms with Crippen LogP contribution in [0.15, 0.2) is 91.0 Å². The van der Waals surface area contributed by atoms with Crippen molar-refractivity contribution in [2.45, 2.75) is 50.1 Å². The van der Waals surface area contributed by atoms with E-state index in [1.807, 2.05) is 0 Å². The lowest BCUT2D eigenvalue weighted by molar-refractivity contribution is 0.177. The Labute approximate surface area is 193 Å². The number of likely N-dealkylation sites (tertiary alicyclic amines) is 1. The van der Waals surface area contributed by atoms with Crippen molar-refractivity contribution in [2.75, 3.05) is 19.6 Å². The first-order chi connectivity index (χ1) is 15.8. The molecule has 3 aromatic rings. The lowest BCUT2D eigenvalue weighted by Gasteiger charge is -2.35. The van der Waals surface area contributed by atoms with Gasteiger partial charge in [-0.1, -0.05) is 91.0 Å². The summed E-state index contributed by atoms with van der Waals surface area (Å²) in [7, 11) is 0. The molecule has 2 fully saturated rings. The number of rotatable bonds is 7. The van der Waals surface area contributed by atoms with Gasteiger partial charge in [0.15, 0.2) is 0 Å². The Balaban J connectivity index is 1.21. The average Bonchev–Trinajstić information content (AvgIpc) is 3.27. The van der Waals surface area contributed by atoms with E-state index >= 15 is 0 Å². The van der Waals surface area contributed by atoms with E-state index in [2.05, 4.69) is 101 Å².